The van der Waals surface area contributed by atoms with Gasteiger partial charge in [-0.05, 0) is 17.2 Å². The maximum Gasteiger partial charge on any atom is 0.252 e. The molecule has 0 fully saturated rings. The van der Waals surface area contributed by atoms with Gasteiger partial charge in [0.1, 0.15) is 12.7 Å². The van der Waals surface area contributed by atoms with E-state index in [1.54, 1.807) is 47.4 Å². The first-order valence-electron chi connectivity index (χ1n) is 9.58. The summed E-state index contributed by atoms with van der Waals surface area (Å²) in [6.45, 7) is 1.01. The van der Waals surface area contributed by atoms with Crippen molar-refractivity contribution < 1.29 is 9.59 Å². The van der Waals surface area contributed by atoms with Crippen LogP contribution in [0.5, 0.6) is 0 Å². The molecule has 0 atom stereocenters. The molecule has 0 unspecified atom stereocenters. The second kappa shape index (κ2) is 8.96. The summed E-state index contributed by atoms with van der Waals surface area (Å²) in [5, 5.41) is 7.00. The van der Waals surface area contributed by atoms with Crippen molar-refractivity contribution in [3.63, 3.8) is 0 Å². The number of aromatic nitrogens is 3. The van der Waals surface area contributed by atoms with Gasteiger partial charge in [-0.2, -0.15) is 5.10 Å². The normalized spacial score (nSPS) is 10.5. The smallest absolute Gasteiger partial charge is 0.252 e. The Bertz CT molecular complexity index is 1140. The zero-order valence-corrected chi connectivity index (χ0v) is 16.2. The van der Waals surface area contributed by atoms with Gasteiger partial charge in [0.25, 0.3) is 5.91 Å². The average Bonchev–Trinajstić information content (AvgIpc) is 3.31. The van der Waals surface area contributed by atoms with Gasteiger partial charge in [-0.25, -0.2) is 9.67 Å². The van der Waals surface area contributed by atoms with E-state index < -0.39 is 0 Å². The predicted octanol–water partition coefficient (Wildman–Crippen LogP) is 3.49. The Labute approximate surface area is 174 Å². The van der Waals surface area contributed by atoms with Gasteiger partial charge in [-0.3, -0.25) is 9.59 Å². The molecule has 4 rings (SSSR count). The number of hydrogen-bond donors (Lipinski definition) is 1. The van der Waals surface area contributed by atoms with Gasteiger partial charge in [0.2, 0.25) is 0 Å². The van der Waals surface area contributed by atoms with Gasteiger partial charge in [0.05, 0.1) is 12.1 Å². The number of ketones is 1. The Morgan fingerprint density at radius 1 is 0.800 bits per heavy atom. The lowest BCUT2D eigenvalue weighted by Crippen LogP contribution is -2.25. The number of rotatable bonds is 7. The largest absolute Gasteiger partial charge is 0.348 e. The summed E-state index contributed by atoms with van der Waals surface area (Å²) in [6.07, 6.45) is 3.17. The van der Waals surface area contributed by atoms with Gasteiger partial charge in [-0.15, -0.1) is 0 Å². The van der Waals surface area contributed by atoms with Crippen molar-refractivity contribution >= 4 is 11.7 Å². The molecule has 1 N–H and O–H groups in total. The molecule has 1 heterocycles. The zero-order chi connectivity index (χ0) is 20.8. The lowest BCUT2D eigenvalue weighted by molar-refractivity contribution is 0.0939. The monoisotopic (exact) mass is 396 g/mol. The minimum atomic E-state index is -0.276. The summed E-state index contributed by atoms with van der Waals surface area (Å²) in [6, 6.07) is 23.8. The van der Waals surface area contributed by atoms with Crippen LogP contribution < -0.4 is 5.32 Å². The molecule has 3 aromatic carbocycles. The first-order chi connectivity index (χ1) is 14.7. The Kier molecular flexibility index (Phi) is 5.75. The number of carbonyl (C=O) groups is 2. The maximum absolute atomic E-state index is 12.8. The van der Waals surface area contributed by atoms with Crippen molar-refractivity contribution in [1.29, 1.82) is 0 Å². The number of carbonyl (C=O) groups excluding carboxylic acids is 2. The van der Waals surface area contributed by atoms with Gasteiger partial charge in [0.15, 0.2) is 5.78 Å². The summed E-state index contributed by atoms with van der Waals surface area (Å²) >= 11 is 0. The molecule has 0 aliphatic heterocycles. The van der Waals surface area contributed by atoms with Gasteiger partial charge in [0, 0.05) is 17.7 Å². The second-order valence-electron chi connectivity index (χ2n) is 6.83. The van der Waals surface area contributed by atoms with Crippen molar-refractivity contribution in [2.45, 2.75) is 13.1 Å². The number of amides is 1. The van der Waals surface area contributed by atoms with Crippen LogP contribution in [0.2, 0.25) is 0 Å². The number of benzene rings is 3. The van der Waals surface area contributed by atoms with E-state index in [9.17, 15) is 9.59 Å². The van der Waals surface area contributed by atoms with Crippen LogP contribution >= 0.6 is 0 Å². The molecule has 148 valence electrons. The SMILES string of the molecule is O=C(NCc1ccc(Cn2cncn2)cc1)c1ccccc1C(=O)c1ccccc1. The summed E-state index contributed by atoms with van der Waals surface area (Å²) in [5.41, 5.74) is 3.38. The third-order valence-corrected chi connectivity index (χ3v) is 4.74. The molecule has 1 amide bonds. The zero-order valence-electron chi connectivity index (χ0n) is 16.2. The average molecular weight is 396 g/mol. The van der Waals surface area contributed by atoms with Crippen molar-refractivity contribution in [1.82, 2.24) is 20.1 Å². The lowest BCUT2D eigenvalue weighted by atomic mass is 9.98. The standard InChI is InChI=1S/C24H20N4O2/c29-23(20-6-2-1-3-7-20)21-8-4-5-9-22(21)24(30)26-14-18-10-12-19(13-11-18)15-28-17-25-16-27-28/h1-13,16-17H,14-15H2,(H,26,30). The number of nitrogens with zero attached hydrogens (tertiary/aromatic N) is 3. The fourth-order valence-corrected chi connectivity index (χ4v) is 3.17. The molecule has 0 bridgehead atoms. The van der Waals surface area contributed by atoms with Crippen LogP contribution in [0.1, 0.15) is 37.4 Å². The fraction of sp³-hybridized carbons (Fsp3) is 0.0833. The summed E-state index contributed by atoms with van der Waals surface area (Å²) < 4.78 is 1.75. The van der Waals surface area contributed by atoms with E-state index in [2.05, 4.69) is 15.4 Å². The molecule has 0 aliphatic rings. The van der Waals surface area contributed by atoms with Crippen molar-refractivity contribution in [2.75, 3.05) is 0 Å². The van der Waals surface area contributed by atoms with Gasteiger partial charge in [-0.1, -0.05) is 72.8 Å². The maximum atomic E-state index is 12.8. The third kappa shape index (κ3) is 4.50. The second-order valence-corrected chi connectivity index (χ2v) is 6.83. The Morgan fingerprint density at radius 3 is 2.17 bits per heavy atom. The molecule has 0 spiro atoms. The van der Waals surface area contributed by atoms with E-state index in [1.807, 2.05) is 42.5 Å². The van der Waals surface area contributed by atoms with Crippen LogP contribution in [0.3, 0.4) is 0 Å². The van der Waals surface area contributed by atoms with E-state index in [4.69, 9.17) is 0 Å². The molecule has 6 nitrogen and oxygen atoms in total. The van der Waals surface area contributed by atoms with E-state index in [0.29, 0.717) is 29.8 Å². The highest BCUT2D eigenvalue weighted by Gasteiger charge is 2.17. The first kappa shape index (κ1) is 19.3. The van der Waals surface area contributed by atoms with Crippen molar-refractivity contribution in [2.24, 2.45) is 0 Å². The van der Waals surface area contributed by atoms with Crippen LogP contribution in [0, 0.1) is 0 Å². The van der Waals surface area contributed by atoms with E-state index >= 15 is 0 Å². The van der Waals surface area contributed by atoms with Gasteiger partial charge < -0.3 is 5.32 Å². The summed E-state index contributed by atoms with van der Waals surface area (Å²) in [4.78, 5) is 29.5. The molecule has 0 saturated heterocycles. The number of nitrogens with one attached hydrogen (secondary N) is 1. The van der Waals surface area contributed by atoms with Crippen LogP contribution in [-0.4, -0.2) is 26.5 Å². The summed E-state index contributed by atoms with van der Waals surface area (Å²) in [5.74, 6) is -0.444. The molecule has 1 aromatic heterocycles. The van der Waals surface area contributed by atoms with Crippen LogP contribution in [-0.2, 0) is 13.1 Å². The van der Waals surface area contributed by atoms with Crippen molar-refractivity contribution in [3.05, 3.63) is 119 Å². The molecular weight excluding hydrogens is 376 g/mol. The third-order valence-electron chi connectivity index (χ3n) is 4.74. The molecule has 0 radical (unpaired) electrons. The van der Waals surface area contributed by atoms with Crippen LogP contribution in [0.15, 0.2) is 91.5 Å². The molecule has 0 aliphatic carbocycles. The van der Waals surface area contributed by atoms with E-state index in [1.165, 1.54) is 6.33 Å². The van der Waals surface area contributed by atoms with Gasteiger partial charge >= 0.3 is 0 Å². The minimum Gasteiger partial charge on any atom is -0.348 e. The topological polar surface area (TPSA) is 76.9 Å². The predicted molar refractivity (Wildman–Crippen MR) is 113 cm³/mol. The number of hydrogen-bond acceptors (Lipinski definition) is 4. The Morgan fingerprint density at radius 2 is 1.47 bits per heavy atom. The Balaban J connectivity index is 1.43. The highest BCUT2D eigenvalue weighted by Crippen LogP contribution is 2.15. The van der Waals surface area contributed by atoms with Crippen molar-refractivity contribution in [3.8, 4) is 0 Å². The molecular formula is C24H20N4O2. The molecule has 6 heteroatoms. The first-order valence-corrected chi connectivity index (χ1v) is 9.58. The highest BCUT2D eigenvalue weighted by molar-refractivity contribution is 6.15. The van der Waals surface area contributed by atoms with Crippen LogP contribution in [0.25, 0.3) is 0 Å². The molecule has 30 heavy (non-hydrogen) atoms. The molecule has 0 saturated carbocycles. The quantitative estimate of drug-likeness (QED) is 0.485. The van der Waals surface area contributed by atoms with E-state index in [-0.39, 0.29) is 11.7 Å². The fourth-order valence-electron chi connectivity index (χ4n) is 3.17. The molecule has 4 aromatic rings. The van der Waals surface area contributed by atoms with E-state index in [0.717, 1.165) is 11.1 Å². The lowest BCUT2D eigenvalue weighted by Gasteiger charge is -2.10. The highest BCUT2D eigenvalue weighted by atomic mass is 16.2. The van der Waals surface area contributed by atoms with Crippen LogP contribution in [0.4, 0.5) is 0 Å². The Hall–Kier alpha value is -4.06. The minimum absolute atomic E-state index is 0.168. The summed E-state index contributed by atoms with van der Waals surface area (Å²) in [7, 11) is 0.